The Labute approximate surface area is 192 Å². The molecule has 6 heteroatoms. The summed E-state index contributed by atoms with van der Waals surface area (Å²) in [5, 5.41) is 14.8. The number of methoxy groups -OCH3 is 3. The van der Waals surface area contributed by atoms with Crippen molar-refractivity contribution in [2.75, 3.05) is 21.3 Å². The van der Waals surface area contributed by atoms with Gasteiger partial charge < -0.3 is 14.2 Å². The number of ether oxygens (including phenoxy) is 3. The predicted molar refractivity (Wildman–Crippen MR) is 129 cm³/mol. The molecule has 0 unspecified atom stereocenters. The fourth-order valence-electron chi connectivity index (χ4n) is 3.54. The molecule has 0 saturated carbocycles. The van der Waals surface area contributed by atoms with Crippen LogP contribution in [-0.2, 0) is 0 Å². The molecule has 1 aromatic heterocycles. The number of nitriles is 1. The minimum atomic E-state index is 0.503. The van der Waals surface area contributed by atoms with E-state index in [9.17, 15) is 5.26 Å². The fourth-order valence-corrected chi connectivity index (χ4v) is 3.54. The molecule has 0 aliphatic carbocycles. The van der Waals surface area contributed by atoms with Crippen molar-refractivity contribution in [3.63, 3.8) is 0 Å². The molecule has 164 valence electrons. The summed E-state index contributed by atoms with van der Waals surface area (Å²) in [7, 11) is 4.80. The van der Waals surface area contributed by atoms with E-state index < -0.39 is 0 Å². The Morgan fingerprint density at radius 2 is 1.67 bits per heavy atom. The van der Waals surface area contributed by atoms with E-state index in [0.29, 0.717) is 22.8 Å². The number of benzene rings is 3. The number of hydrogen-bond donors (Lipinski definition) is 0. The van der Waals surface area contributed by atoms with Crippen LogP contribution in [0.2, 0.25) is 0 Å². The average molecular weight is 437 g/mol. The molecule has 0 atom stereocenters. The molecule has 0 amide bonds. The highest BCUT2D eigenvalue weighted by molar-refractivity contribution is 5.92. The molecule has 33 heavy (non-hydrogen) atoms. The zero-order valence-corrected chi connectivity index (χ0v) is 18.6. The lowest BCUT2D eigenvalue weighted by atomic mass is 10.0. The monoisotopic (exact) mass is 437 g/mol. The van der Waals surface area contributed by atoms with Gasteiger partial charge in [0.25, 0.3) is 0 Å². The van der Waals surface area contributed by atoms with Crippen LogP contribution in [0, 0.1) is 11.3 Å². The number of allylic oxidation sites excluding steroid dienone is 1. The number of hydrogen-bond acceptors (Lipinski definition) is 5. The van der Waals surface area contributed by atoms with Crippen molar-refractivity contribution < 1.29 is 14.2 Å². The molecular weight excluding hydrogens is 414 g/mol. The van der Waals surface area contributed by atoms with Gasteiger partial charge in [0.15, 0.2) is 11.5 Å². The van der Waals surface area contributed by atoms with Crippen molar-refractivity contribution in [1.82, 2.24) is 9.78 Å². The van der Waals surface area contributed by atoms with Crippen molar-refractivity contribution in [3.8, 4) is 40.3 Å². The highest BCUT2D eigenvalue weighted by Crippen LogP contribution is 2.34. The quantitative estimate of drug-likeness (QED) is 0.351. The molecule has 0 fully saturated rings. The largest absolute Gasteiger partial charge is 0.497 e. The van der Waals surface area contributed by atoms with Gasteiger partial charge in [-0.2, -0.15) is 10.4 Å². The molecule has 1 heterocycles. The summed E-state index contributed by atoms with van der Waals surface area (Å²) in [6.07, 6.45) is 3.76. The second kappa shape index (κ2) is 9.75. The molecular formula is C27H23N3O3. The van der Waals surface area contributed by atoms with Gasteiger partial charge >= 0.3 is 0 Å². The van der Waals surface area contributed by atoms with E-state index in [1.807, 2.05) is 85.1 Å². The van der Waals surface area contributed by atoms with Crippen molar-refractivity contribution in [2.24, 2.45) is 0 Å². The van der Waals surface area contributed by atoms with Gasteiger partial charge in [-0.3, -0.25) is 0 Å². The fraction of sp³-hybridized carbons (Fsp3) is 0.111. The summed E-state index contributed by atoms with van der Waals surface area (Å²) < 4.78 is 18.0. The second-order valence-electron chi connectivity index (χ2n) is 7.18. The van der Waals surface area contributed by atoms with Gasteiger partial charge in [0, 0.05) is 17.3 Å². The minimum absolute atomic E-state index is 0.503. The second-order valence-corrected chi connectivity index (χ2v) is 7.18. The number of rotatable bonds is 7. The lowest BCUT2D eigenvalue weighted by molar-refractivity contribution is 0.355. The number of para-hydroxylation sites is 1. The highest BCUT2D eigenvalue weighted by Gasteiger charge is 2.15. The number of nitrogens with zero attached hydrogens (tertiary/aromatic N) is 3. The third-order valence-electron chi connectivity index (χ3n) is 5.22. The van der Waals surface area contributed by atoms with E-state index in [1.165, 1.54) is 0 Å². The standard InChI is InChI=1S/C27H23N3O3/c1-31-24-11-7-8-19(15-24)21(17-28)14-22-18-30(23-9-5-4-6-10-23)29-27(22)20-12-13-25(32-2)26(16-20)33-3/h4-16,18H,1-3H3/b21-14-. The molecule has 0 aliphatic heterocycles. The Morgan fingerprint density at radius 3 is 2.36 bits per heavy atom. The number of aromatic nitrogens is 2. The predicted octanol–water partition coefficient (Wildman–Crippen LogP) is 5.63. The van der Waals surface area contributed by atoms with E-state index in [2.05, 4.69) is 6.07 Å². The summed E-state index contributed by atoms with van der Waals surface area (Å²) in [6, 6.07) is 25.2. The van der Waals surface area contributed by atoms with Crippen molar-refractivity contribution in [3.05, 3.63) is 90.1 Å². The Balaban J connectivity index is 1.88. The summed E-state index contributed by atoms with van der Waals surface area (Å²) in [6.45, 7) is 0. The van der Waals surface area contributed by atoms with Gasteiger partial charge in [-0.25, -0.2) is 4.68 Å². The first-order chi connectivity index (χ1) is 16.2. The first-order valence-corrected chi connectivity index (χ1v) is 10.3. The van der Waals surface area contributed by atoms with Crippen molar-refractivity contribution in [2.45, 2.75) is 0 Å². The van der Waals surface area contributed by atoms with Crippen molar-refractivity contribution >= 4 is 11.6 Å². The summed E-state index contributed by atoms with van der Waals surface area (Å²) in [5.74, 6) is 1.93. The summed E-state index contributed by atoms with van der Waals surface area (Å²) >= 11 is 0. The Morgan fingerprint density at radius 1 is 0.879 bits per heavy atom. The molecule has 4 rings (SSSR count). The van der Waals surface area contributed by atoms with Gasteiger partial charge in [-0.05, 0) is 54.1 Å². The topological polar surface area (TPSA) is 69.3 Å². The van der Waals surface area contributed by atoms with Crippen LogP contribution in [-0.4, -0.2) is 31.1 Å². The van der Waals surface area contributed by atoms with E-state index >= 15 is 0 Å². The third-order valence-corrected chi connectivity index (χ3v) is 5.22. The Bertz CT molecular complexity index is 1330. The molecule has 0 spiro atoms. The van der Waals surface area contributed by atoms with Gasteiger partial charge in [-0.1, -0.05) is 30.3 Å². The Kier molecular flexibility index (Phi) is 6.42. The van der Waals surface area contributed by atoms with Crippen LogP contribution in [0.3, 0.4) is 0 Å². The zero-order valence-electron chi connectivity index (χ0n) is 18.6. The zero-order chi connectivity index (χ0) is 23.2. The Hall–Kier alpha value is -4.50. The van der Waals surface area contributed by atoms with E-state index in [1.54, 1.807) is 26.0 Å². The summed E-state index contributed by atoms with van der Waals surface area (Å²) in [4.78, 5) is 0. The molecule has 6 nitrogen and oxygen atoms in total. The molecule has 0 saturated heterocycles. The van der Waals surface area contributed by atoms with E-state index in [4.69, 9.17) is 19.3 Å². The maximum atomic E-state index is 9.92. The molecule has 0 radical (unpaired) electrons. The van der Waals surface area contributed by atoms with E-state index in [0.717, 1.165) is 28.1 Å². The van der Waals surface area contributed by atoms with E-state index in [-0.39, 0.29) is 0 Å². The molecule has 3 aromatic carbocycles. The van der Waals surface area contributed by atoms with Crippen LogP contribution in [0.4, 0.5) is 0 Å². The maximum Gasteiger partial charge on any atom is 0.161 e. The van der Waals surface area contributed by atoms with Crippen LogP contribution in [0.25, 0.3) is 28.6 Å². The molecule has 0 bridgehead atoms. The maximum absolute atomic E-state index is 9.92. The van der Waals surface area contributed by atoms with Crippen LogP contribution in [0.15, 0.2) is 79.0 Å². The van der Waals surface area contributed by atoms with Crippen molar-refractivity contribution in [1.29, 1.82) is 5.26 Å². The van der Waals surface area contributed by atoms with Gasteiger partial charge in [0.1, 0.15) is 11.4 Å². The van der Waals surface area contributed by atoms with Gasteiger partial charge in [0.2, 0.25) is 0 Å². The lowest BCUT2D eigenvalue weighted by Gasteiger charge is -2.09. The highest BCUT2D eigenvalue weighted by atomic mass is 16.5. The molecule has 0 aliphatic rings. The minimum Gasteiger partial charge on any atom is -0.497 e. The van der Waals surface area contributed by atoms with Crippen LogP contribution >= 0.6 is 0 Å². The first kappa shape index (κ1) is 21.7. The SMILES string of the molecule is COc1cccc(/C(C#N)=C\c2cn(-c3ccccc3)nc2-c2ccc(OC)c(OC)c2)c1. The smallest absolute Gasteiger partial charge is 0.161 e. The average Bonchev–Trinajstić information content (AvgIpc) is 3.31. The normalized spacial score (nSPS) is 11.0. The molecule has 4 aromatic rings. The van der Waals surface area contributed by atoms with Crippen LogP contribution < -0.4 is 14.2 Å². The third kappa shape index (κ3) is 4.58. The van der Waals surface area contributed by atoms with Gasteiger partial charge in [-0.15, -0.1) is 0 Å². The van der Waals surface area contributed by atoms with Crippen LogP contribution in [0.5, 0.6) is 17.2 Å². The summed E-state index contributed by atoms with van der Waals surface area (Å²) in [5.41, 5.74) is 4.54. The van der Waals surface area contributed by atoms with Crippen LogP contribution in [0.1, 0.15) is 11.1 Å². The van der Waals surface area contributed by atoms with Gasteiger partial charge in [0.05, 0.1) is 38.7 Å². The molecule has 0 N–H and O–H groups in total. The lowest BCUT2D eigenvalue weighted by Crippen LogP contribution is -1.95. The first-order valence-electron chi connectivity index (χ1n) is 10.3.